The molecule has 0 aliphatic heterocycles. The number of carboxylic acids is 1. The Bertz CT molecular complexity index is 691. The highest BCUT2D eigenvalue weighted by atomic mass is 16.6. The van der Waals surface area contributed by atoms with E-state index in [1.807, 2.05) is 0 Å². The molecule has 0 saturated carbocycles. The number of hydrogen-bond donors (Lipinski definition) is 3. The second-order valence-corrected chi connectivity index (χ2v) is 5.66. The maximum atomic E-state index is 11.7. The van der Waals surface area contributed by atoms with Gasteiger partial charge in [0.25, 0.3) is 0 Å². The van der Waals surface area contributed by atoms with Gasteiger partial charge in [-0.05, 0) is 20.8 Å². The van der Waals surface area contributed by atoms with Crippen molar-refractivity contribution in [2.45, 2.75) is 38.8 Å². The molecule has 0 aliphatic rings. The van der Waals surface area contributed by atoms with E-state index in [1.165, 1.54) is 12.7 Å². The van der Waals surface area contributed by atoms with Gasteiger partial charge in [-0.1, -0.05) is 0 Å². The van der Waals surface area contributed by atoms with Crippen LogP contribution in [-0.4, -0.2) is 48.7 Å². The Balaban J connectivity index is 2.14. The van der Waals surface area contributed by atoms with Gasteiger partial charge in [-0.2, -0.15) is 0 Å². The number of nitrogens with one attached hydrogen (secondary N) is 2. The minimum atomic E-state index is -1.18. The number of aromatic amines is 1. The largest absolute Gasteiger partial charge is 0.480 e. The number of aromatic nitrogens is 4. The lowest BCUT2D eigenvalue weighted by Crippen LogP contribution is -2.44. The Morgan fingerprint density at radius 3 is 2.73 bits per heavy atom. The number of H-pyrrole nitrogens is 1. The lowest BCUT2D eigenvalue weighted by Gasteiger charge is -2.21. The molecule has 2 aromatic rings. The number of nitrogens with zero attached hydrogens (tertiary/aromatic N) is 3. The molecule has 0 aliphatic carbocycles. The number of carbonyl (C=O) groups excluding carboxylic acids is 1. The zero-order valence-electron chi connectivity index (χ0n) is 12.5. The number of rotatable bonds is 4. The maximum Gasteiger partial charge on any atom is 0.408 e. The summed E-state index contributed by atoms with van der Waals surface area (Å²) in [5.41, 5.74) is 0.718. The highest BCUT2D eigenvalue weighted by Gasteiger charge is 2.25. The molecule has 0 aromatic carbocycles. The maximum absolute atomic E-state index is 11.7. The van der Waals surface area contributed by atoms with Gasteiger partial charge in [0.15, 0.2) is 5.65 Å². The van der Waals surface area contributed by atoms with E-state index in [2.05, 4.69) is 25.3 Å². The molecule has 2 rings (SSSR count). The molecule has 0 bridgehead atoms. The Morgan fingerprint density at radius 2 is 2.09 bits per heavy atom. The molecule has 1 amide bonds. The Labute approximate surface area is 126 Å². The predicted molar refractivity (Wildman–Crippen MR) is 76.2 cm³/mol. The third kappa shape index (κ3) is 3.90. The van der Waals surface area contributed by atoms with E-state index < -0.39 is 23.7 Å². The molecule has 0 spiro atoms. The molecule has 2 aromatic heterocycles. The SMILES string of the molecule is CC(C)(C)OC(=O)NC(Cc1ncnc2nc[nH]c12)C(=O)O. The van der Waals surface area contributed by atoms with E-state index in [1.54, 1.807) is 20.8 Å². The van der Waals surface area contributed by atoms with Gasteiger partial charge in [-0.15, -0.1) is 0 Å². The first kappa shape index (κ1) is 15.7. The molecule has 9 heteroatoms. The molecule has 118 valence electrons. The summed E-state index contributed by atoms with van der Waals surface area (Å²) in [5.74, 6) is -1.18. The van der Waals surface area contributed by atoms with Crippen LogP contribution in [0.25, 0.3) is 11.2 Å². The summed E-state index contributed by atoms with van der Waals surface area (Å²) < 4.78 is 5.06. The van der Waals surface area contributed by atoms with Crippen molar-refractivity contribution >= 4 is 23.2 Å². The third-order valence-electron chi connectivity index (χ3n) is 2.69. The first-order chi connectivity index (χ1) is 10.3. The second kappa shape index (κ2) is 5.96. The quantitative estimate of drug-likeness (QED) is 0.764. The van der Waals surface area contributed by atoms with Gasteiger partial charge in [0.1, 0.15) is 23.5 Å². The van der Waals surface area contributed by atoms with Crippen LogP contribution in [0.4, 0.5) is 4.79 Å². The van der Waals surface area contributed by atoms with Crippen molar-refractivity contribution < 1.29 is 19.4 Å². The summed E-state index contributed by atoms with van der Waals surface area (Å²) in [5, 5.41) is 11.6. The van der Waals surface area contributed by atoms with Crippen LogP contribution in [0.5, 0.6) is 0 Å². The molecule has 22 heavy (non-hydrogen) atoms. The monoisotopic (exact) mass is 307 g/mol. The molecule has 0 radical (unpaired) electrons. The number of imidazole rings is 1. The fourth-order valence-corrected chi connectivity index (χ4v) is 1.81. The molecule has 1 unspecified atom stereocenters. The van der Waals surface area contributed by atoms with Crippen LogP contribution < -0.4 is 5.32 Å². The van der Waals surface area contributed by atoms with Crippen LogP contribution in [-0.2, 0) is 16.0 Å². The van der Waals surface area contributed by atoms with Crippen molar-refractivity contribution in [3.8, 4) is 0 Å². The van der Waals surface area contributed by atoms with Crippen LogP contribution in [0.15, 0.2) is 12.7 Å². The average molecular weight is 307 g/mol. The van der Waals surface area contributed by atoms with E-state index in [0.29, 0.717) is 16.9 Å². The Hall–Kier alpha value is -2.71. The van der Waals surface area contributed by atoms with Crippen LogP contribution in [0.3, 0.4) is 0 Å². The van der Waals surface area contributed by atoms with Gasteiger partial charge >= 0.3 is 12.1 Å². The average Bonchev–Trinajstić information content (AvgIpc) is 2.84. The number of hydrogen-bond acceptors (Lipinski definition) is 6. The topological polar surface area (TPSA) is 130 Å². The third-order valence-corrected chi connectivity index (χ3v) is 2.69. The smallest absolute Gasteiger partial charge is 0.408 e. The summed E-state index contributed by atoms with van der Waals surface area (Å²) in [7, 11) is 0. The van der Waals surface area contributed by atoms with Crippen molar-refractivity contribution in [1.82, 2.24) is 25.3 Å². The number of aliphatic carboxylic acids is 1. The van der Waals surface area contributed by atoms with E-state index in [0.717, 1.165) is 0 Å². The first-order valence-electron chi connectivity index (χ1n) is 6.61. The summed E-state index contributed by atoms with van der Waals surface area (Å²) in [6, 6.07) is -1.17. The molecular weight excluding hydrogens is 290 g/mol. The molecule has 1 atom stereocenters. The molecule has 3 N–H and O–H groups in total. The molecular formula is C13H17N5O4. The zero-order chi connectivity index (χ0) is 16.3. The van der Waals surface area contributed by atoms with E-state index in [9.17, 15) is 14.7 Å². The fraction of sp³-hybridized carbons (Fsp3) is 0.462. The van der Waals surface area contributed by atoms with Crippen molar-refractivity contribution in [3.05, 3.63) is 18.3 Å². The standard InChI is InChI=1S/C13H17N5O4/c1-13(2,3)22-12(21)18-8(11(19)20)4-7-9-10(16-5-14-7)17-6-15-9/h5-6,8H,4H2,1-3H3,(H,18,21)(H,19,20)(H,14,15,16,17). The Morgan fingerprint density at radius 1 is 1.36 bits per heavy atom. The van der Waals surface area contributed by atoms with Gasteiger partial charge in [-0.25, -0.2) is 24.5 Å². The molecule has 2 heterocycles. The van der Waals surface area contributed by atoms with Gasteiger partial charge in [0.2, 0.25) is 0 Å². The van der Waals surface area contributed by atoms with Crippen molar-refractivity contribution in [3.63, 3.8) is 0 Å². The number of carbonyl (C=O) groups is 2. The van der Waals surface area contributed by atoms with Gasteiger partial charge in [0.05, 0.1) is 12.0 Å². The summed E-state index contributed by atoms with van der Waals surface area (Å²) >= 11 is 0. The summed E-state index contributed by atoms with van der Waals surface area (Å²) in [6.45, 7) is 5.09. The van der Waals surface area contributed by atoms with E-state index >= 15 is 0 Å². The number of amides is 1. The van der Waals surface area contributed by atoms with Crippen molar-refractivity contribution in [2.24, 2.45) is 0 Å². The van der Waals surface area contributed by atoms with Gasteiger partial charge in [-0.3, -0.25) is 0 Å². The summed E-state index contributed by atoms with van der Waals surface area (Å²) in [6.07, 6.45) is 1.93. The molecule has 9 nitrogen and oxygen atoms in total. The number of fused-ring (bicyclic) bond motifs is 1. The number of carboxylic acid groups (broad SMARTS) is 1. The van der Waals surface area contributed by atoms with Crippen molar-refractivity contribution in [2.75, 3.05) is 0 Å². The Kier molecular flexibility index (Phi) is 4.25. The highest BCUT2D eigenvalue weighted by Crippen LogP contribution is 2.12. The molecule has 0 saturated heterocycles. The van der Waals surface area contributed by atoms with Crippen LogP contribution in [0, 0.1) is 0 Å². The van der Waals surface area contributed by atoms with Crippen LogP contribution in [0.1, 0.15) is 26.5 Å². The highest BCUT2D eigenvalue weighted by molar-refractivity contribution is 5.81. The predicted octanol–water partition coefficient (Wildman–Crippen LogP) is 0.873. The minimum Gasteiger partial charge on any atom is -0.480 e. The lowest BCUT2D eigenvalue weighted by atomic mass is 10.1. The van der Waals surface area contributed by atoms with E-state index in [-0.39, 0.29) is 6.42 Å². The first-order valence-corrected chi connectivity index (χ1v) is 6.61. The van der Waals surface area contributed by atoms with Gasteiger partial charge < -0.3 is 20.1 Å². The molecule has 0 fully saturated rings. The zero-order valence-corrected chi connectivity index (χ0v) is 12.5. The van der Waals surface area contributed by atoms with Crippen molar-refractivity contribution in [1.29, 1.82) is 0 Å². The van der Waals surface area contributed by atoms with E-state index in [4.69, 9.17) is 4.74 Å². The summed E-state index contributed by atoms with van der Waals surface area (Å²) in [4.78, 5) is 37.9. The fourth-order valence-electron chi connectivity index (χ4n) is 1.81. The minimum absolute atomic E-state index is 0.0181. The number of ether oxygens (including phenoxy) is 1. The number of alkyl carbamates (subject to hydrolysis) is 1. The lowest BCUT2D eigenvalue weighted by molar-refractivity contribution is -0.139. The van der Waals surface area contributed by atoms with Crippen LogP contribution in [0.2, 0.25) is 0 Å². The van der Waals surface area contributed by atoms with Gasteiger partial charge in [0, 0.05) is 6.42 Å². The second-order valence-electron chi connectivity index (χ2n) is 5.66. The van der Waals surface area contributed by atoms with Crippen LogP contribution >= 0.6 is 0 Å². The normalized spacial score (nSPS) is 12.9.